The van der Waals surface area contributed by atoms with Gasteiger partial charge in [0.25, 0.3) is 0 Å². The van der Waals surface area contributed by atoms with E-state index in [1.165, 1.54) is 0 Å². The second-order valence-corrected chi connectivity index (χ2v) is 2.27. The molecule has 0 saturated carbocycles. The van der Waals surface area contributed by atoms with Crippen molar-refractivity contribution in [2.45, 2.75) is 5.51 Å². The Morgan fingerprint density at radius 2 is 1.30 bits per heavy atom. The number of alkyl halides is 3. The molecule has 0 bridgehead atoms. The van der Waals surface area contributed by atoms with Gasteiger partial charge in [-0.1, -0.05) is 0 Å². The molecule has 0 aliphatic carbocycles. The van der Waals surface area contributed by atoms with E-state index in [2.05, 4.69) is 5.59 Å². The molecule has 0 unspecified atom stereocenters. The molecule has 0 aliphatic rings. The minimum absolute atomic E-state index is 3.25. The maximum Gasteiger partial charge on any atom is 0.485 e. The Labute approximate surface area is 53.4 Å². The van der Waals surface area contributed by atoms with Crippen LogP contribution < -0.4 is 5.59 Å². The molecule has 5 nitrogen and oxygen atoms in total. The quantitative estimate of drug-likeness (QED) is 0.365. The van der Waals surface area contributed by atoms with Gasteiger partial charge in [-0.3, -0.25) is 0 Å². The van der Waals surface area contributed by atoms with Gasteiger partial charge >= 0.3 is 5.51 Å². The Bertz CT molecular complexity index is 181. The number of hydrogen-bond donors (Lipinski definition) is 1. The van der Waals surface area contributed by atoms with E-state index in [4.69, 9.17) is 17.9 Å². The van der Waals surface area contributed by atoms with Crippen LogP contribution in [0.25, 0.3) is 0 Å². The summed E-state index contributed by atoms with van der Waals surface area (Å²) < 4.78 is 58.9. The summed E-state index contributed by atoms with van der Waals surface area (Å²) in [5.41, 5.74) is -2.40. The third-order valence-electron chi connectivity index (χ3n) is 0.283. The smallest absolute Gasteiger partial charge is 0.485 e. The van der Waals surface area contributed by atoms with E-state index < -0.39 is 15.6 Å². The fourth-order valence-electron chi connectivity index (χ4n) is 0. The summed E-state index contributed by atoms with van der Waals surface area (Å²) in [5, 5.41) is 0. The summed E-state index contributed by atoms with van der Waals surface area (Å²) >= 11 is 0. The Morgan fingerprint density at radius 3 is 1.30 bits per heavy atom. The van der Waals surface area contributed by atoms with Crippen molar-refractivity contribution >= 4 is 10.1 Å². The van der Waals surface area contributed by atoms with Gasteiger partial charge in [0, 0.05) is 4.91 Å². The SMILES string of the molecule is O=S(=O)([O-])C(F)(F)F.[NH2+]=O. The maximum absolute atomic E-state index is 10.7. The van der Waals surface area contributed by atoms with Gasteiger partial charge < -0.3 is 4.55 Å². The van der Waals surface area contributed by atoms with Crippen molar-refractivity contribution in [3.63, 3.8) is 0 Å². The monoisotopic (exact) mass is 181 g/mol. The lowest BCUT2D eigenvalue weighted by Gasteiger charge is -2.08. The second kappa shape index (κ2) is 3.46. The normalized spacial score (nSPS) is 11.6. The topological polar surface area (TPSA) is 99.9 Å². The van der Waals surface area contributed by atoms with E-state index in [9.17, 15) is 13.2 Å². The lowest BCUT2D eigenvalue weighted by Crippen LogP contribution is -2.21. The molecule has 62 valence electrons. The van der Waals surface area contributed by atoms with Crippen LogP contribution in [-0.4, -0.2) is 18.5 Å². The molecule has 2 N–H and O–H groups in total. The molecule has 0 saturated heterocycles. The molecule has 0 rings (SSSR count). The van der Waals surface area contributed by atoms with Crippen molar-refractivity contribution in [1.29, 1.82) is 0 Å². The van der Waals surface area contributed by atoms with Crippen LogP contribution in [0.15, 0.2) is 0 Å². The molecule has 9 heteroatoms. The van der Waals surface area contributed by atoms with Crippen LogP contribution in [-0.2, 0) is 10.1 Å². The van der Waals surface area contributed by atoms with Crippen molar-refractivity contribution in [3.8, 4) is 0 Å². The lowest BCUT2D eigenvalue weighted by atomic mass is 11.6. The van der Waals surface area contributed by atoms with Gasteiger partial charge in [-0.25, -0.2) is 8.42 Å². The van der Waals surface area contributed by atoms with E-state index >= 15 is 0 Å². The highest BCUT2D eigenvalue weighted by atomic mass is 32.2. The Hall–Kier alpha value is -0.700. The molecule has 0 aromatic heterocycles. The highest BCUT2D eigenvalue weighted by Gasteiger charge is 2.36. The minimum atomic E-state index is -6.09. The van der Waals surface area contributed by atoms with Crippen LogP contribution in [0.1, 0.15) is 0 Å². The summed E-state index contributed by atoms with van der Waals surface area (Å²) in [6.45, 7) is 0. The predicted octanol–water partition coefficient (Wildman–Crippen LogP) is -1.44. The molecule has 0 aromatic carbocycles. The largest absolute Gasteiger partial charge is 0.741 e. The van der Waals surface area contributed by atoms with Crippen LogP contribution >= 0.6 is 0 Å². The molecule has 0 atom stereocenters. The van der Waals surface area contributed by atoms with Crippen molar-refractivity contribution in [3.05, 3.63) is 4.91 Å². The number of hydrogen-bond acceptors (Lipinski definition) is 4. The molecule has 10 heavy (non-hydrogen) atoms. The Kier molecular flexibility index (Phi) is 4.16. The van der Waals surface area contributed by atoms with Gasteiger partial charge in [-0.2, -0.15) is 13.2 Å². The lowest BCUT2D eigenvalue weighted by molar-refractivity contribution is -0.142. The predicted molar refractivity (Wildman–Crippen MR) is 21.0 cm³/mol. The molecule has 0 spiro atoms. The first-order valence-electron chi connectivity index (χ1n) is 1.51. The summed E-state index contributed by atoms with van der Waals surface area (Å²) in [5.74, 6) is 0. The number of rotatable bonds is 0. The summed E-state index contributed by atoms with van der Waals surface area (Å²) in [7, 11) is -6.09. The van der Waals surface area contributed by atoms with Gasteiger partial charge in [-0.05, 0) is 5.59 Å². The molecule has 0 aromatic rings. The zero-order valence-corrected chi connectivity index (χ0v) is 5.07. The third kappa shape index (κ3) is 4.21. The van der Waals surface area contributed by atoms with Crippen molar-refractivity contribution in [1.82, 2.24) is 0 Å². The molecule has 0 heterocycles. The average molecular weight is 181 g/mol. The van der Waals surface area contributed by atoms with Crippen molar-refractivity contribution < 1.29 is 31.7 Å². The molecule has 0 aliphatic heterocycles. The van der Waals surface area contributed by atoms with E-state index in [0.29, 0.717) is 0 Å². The number of halogens is 3. The van der Waals surface area contributed by atoms with E-state index in [0.717, 1.165) is 0 Å². The minimum Gasteiger partial charge on any atom is -0.741 e. The van der Waals surface area contributed by atoms with Crippen molar-refractivity contribution in [2.75, 3.05) is 0 Å². The zero-order chi connectivity index (χ0) is 9.00. The number of nitrogens with two attached hydrogens (primary N) is 1. The maximum atomic E-state index is 10.7. The van der Waals surface area contributed by atoms with Crippen LogP contribution in [0.2, 0.25) is 0 Å². The fourth-order valence-corrected chi connectivity index (χ4v) is 0. The average Bonchev–Trinajstić information content (AvgIpc) is 1.66. The summed E-state index contributed by atoms with van der Waals surface area (Å²) in [4.78, 5) is 7.75. The van der Waals surface area contributed by atoms with Crippen LogP contribution in [0.4, 0.5) is 13.2 Å². The molecular formula is CH2F3NO4S. The van der Waals surface area contributed by atoms with Crippen LogP contribution in [0, 0.1) is 4.91 Å². The summed E-state index contributed by atoms with van der Waals surface area (Å²) in [6, 6.07) is 0. The fraction of sp³-hybridized carbons (Fsp3) is 1.00. The van der Waals surface area contributed by atoms with E-state index in [-0.39, 0.29) is 0 Å². The highest BCUT2D eigenvalue weighted by Crippen LogP contribution is 2.20. The molecular weight excluding hydrogens is 179 g/mol. The first-order valence-corrected chi connectivity index (χ1v) is 2.92. The van der Waals surface area contributed by atoms with Crippen LogP contribution in [0.5, 0.6) is 0 Å². The van der Waals surface area contributed by atoms with Gasteiger partial charge in [0.2, 0.25) is 0 Å². The Balaban J connectivity index is 0. The molecule has 0 radical (unpaired) electrons. The second-order valence-electron chi connectivity index (χ2n) is 0.900. The summed E-state index contributed by atoms with van der Waals surface area (Å²) in [6.07, 6.45) is 0. The Morgan fingerprint density at radius 1 is 1.20 bits per heavy atom. The molecule has 0 fully saturated rings. The number of nitroso groups, excluding NO2 is 1. The zero-order valence-electron chi connectivity index (χ0n) is 4.25. The molecule has 0 amide bonds. The van der Waals surface area contributed by atoms with Gasteiger partial charge in [0.05, 0.1) is 0 Å². The van der Waals surface area contributed by atoms with E-state index in [1.807, 2.05) is 0 Å². The first kappa shape index (κ1) is 12.0. The van der Waals surface area contributed by atoms with Gasteiger partial charge in [-0.15, -0.1) is 0 Å². The van der Waals surface area contributed by atoms with Gasteiger partial charge in [0.1, 0.15) is 0 Å². The van der Waals surface area contributed by atoms with Crippen LogP contribution in [0.3, 0.4) is 0 Å². The third-order valence-corrected chi connectivity index (χ3v) is 0.850. The first-order chi connectivity index (χ1) is 4.25. The van der Waals surface area contributed by atoms with E-state index in [1.54, 1.807) is 0 Å². The van der Waals surface area contributed by atoms with Gasteiger partial charge in [0.15, 0.2) is 10.1 Å². The standard InChI is InChI=1S/CHF3O3S.H2NO/c2-1(3,4)8(5,6)7;1-2/h(H,5,6,7);1H2/q;+1/p-1. The van der Waals surface area contributed by atoms with Crippen molar-refractivity contribution in [2.24, 2.45) is 0 Å². The highest BCUT2D eigenvalue weighted by molar-refractivity contribution is 7.86.